The number of ether oxygens (including phenoxy) is 1. The SMILES string of the molecule is O=C(N=C1SCC(=O)N1c1ccccc1/C=C/C(F)(F)F)N/N=C/c1ccc(-c2ncn(-c3ccc(OC(F)(F)F)cc3)n2)cc1. The Balaban J connectivity index is 1.21. The first kappa shape index (κ1) is 32.0. The van der Waals surface area contributed by atoms with E-state index in [0.717, 1.165) is 34.9 Å². The lowest BCUT2D eigenvalue weighted by Gasteiger charge is -2.18. The molecular weight excluding hydrogens is 640 g/mol. The Morgan fingerprint density at radius 3 is 2.39 bits per heavy atom. The maximum atomic E-state index is 12.7. The van der Waals surface area contributed by atoms with Crippen LogP contribution in [0.3, 0.4) is 0 Å². The predicted octanol–water partition coefficient (Wildman–Crippen LogP) is 6.59. The lowest BCUT2D eigenvalue weighted by Crippen LogP contribution is -2.31. The molecule has 0 unspecified atom stereocenters. The highest BCUT2D eigenvalue weighted by Gasteiger charge is 2.32. The van der Waals surface area contributed by atoms with Gasteiger partial charge in [-0.25, -0.2) is 19.9 Å². The number of urea groups is 1. The second-order valence-corrected chi connectivity index (χ2v) is 10.1. The van der Waals surface area contributed by atoms with Gasteiger partial charge in [-0.15, -0.1) is 18.3 Å². The van der Waals surface area contributed by atoms with Crippen molar-refractivity contribution in [3.05, 3.63) is 96.3 Å². The summed E-state index contributed by atoms with van der Waals surface area (Å²) in [6.07, 6.45) is -5.73. The van der Waals surface area contributed by atoms with Gasteiger partial charge in [0, 0.05) is 11.6 Å². The van der Waals surface area contributed by atoms with E-state index in [1.165, 1.54) is 47.6 Å². The predicted molar refractivity (Wildman–Crippen MR) is 159 cm³/mol. The molecule has 0 atom stereocenters. The summed E-state index contributed by atoms with van der Waals surface area (Å²) in [5, 5.41) is 8.16. The first-order chi connectivity index (χ1) is 21.8. The second kappa shape index (κ2) is 13.3. The van der Waals surface area contributed by atoms with E-state index in [-0.39, 0.29) is 34.0 Å². The molecule has 1 aromatic heterocycles. The summed E-state index contributed by atoms with van der Waals surface area (Å²) in [7, 11) is 0. The number of carbonyl (C=O) groups excluding carboxylic acids is 2. The highest BCUT2D eigenvalue weighted by molar-refractivity contribution is 8.15. The Morgan fingerprint density at radius 2 is 1.70 bits per heavy atom. The number of rotatable bonds is 7. The number of amides is 3. The van der Waals surface area contributed by atoms with Gasteiger partial charge in [-0.2, -0.15) is 23.3 Å². The summed E-state index contributed by atoms with van der Waals surface area (Å²) >= 11 is 0.953. The van der Waals surface area contributed by atoms with Gasteiger partial charge < -0.3 is 4.74 Å². The van der Waals surface area contributed by atoms with Crippen molar-refractivity contribution < 1.29 is 40.7 Å². The second-order valence-electron chi connectivity index (χ2n) is 9.20. The number of para-hydroxylation sites is 1. The lowest BCUT2D eigenvalue weighted by molar-refractivity contribution is -0.274. The Bertz CT molecular complexity index is 1820. The number of carbonyl (C=O) groups is 2. The normalized spacial score (nSPS) is 15.0. The molecule has 1 fully saturated rings. The largest absolute Gasteiger partial charge is 0.573 e. The number of aromatic nitrogens is 3. The van der Waals surface area contributed by atoms with E-state index in [9.17, 15) is 35.9 Å². The molecule has 0 aliphatic carbocycles. The van der Waals surface area contributed by atoms with Crippen LogP contribution in [0.2, 0.25) is 0 Å². The molecule has 0 radical (unpaired) electrons. The van der Waals surface area contributed by atoms with E-state index < -0.39 is 24.5 Å². The number of hydrogen-bond donors (Lipinski definition) is 1. The maximum absolute atomic E-state index is 12.7. The van der Waals surface area contributed by atoms with Crippen LogP contribution in [0.15, 0.2) is 95.3 Å². The van der Waals surface area contributed by atoms with Gasteiger partial charge in [-0.3, -0.25) is 9.69 Å². The minimum atomic E-state index is -4.80. The standard InChI is InChI=1S/C29H19F6N7O3S/c30-28(31,32)14-13-19-3-1-2-4-23(19)42-24(43)16-46-27(42)38-26(44)39-37-15-18-5-7-20(8-6-18)25-36-17-41(40-25)21-9-11-22(12-10-21)45-29(33,34)35/h1-15,17H,16H2,(H,39,44)/b14-13+,37-15+,38-27?. The summed E-state index contributed by atoms with van der Waals surface area (Å²) in [6, 6.07) is 16.8. The number of thioether (sulfide) groups is 1. The molecule has 5 rings (SSSR count). The van der Waals surface area contributed by atoms with E-state index in [0.29, 0.717) is 22.6 Å². The Hall–Kier alpha value is -5.45. The molecule has 3 amide bonds. The fraction of sp³-hybridized carbons (Fsp3) is 0.103. The Morgan fingerprint density at radius 1 is 0.978 bits per heavy atom. The van der Waals surface area contributed by atoms with E-state index in [2.05, 4.69) is 30.3 Å². The molecule has 10 nitrogen and oxygen atoms in total. The molecule has 0 spiro atoms. The van der Waals surface area contributed by atoms with Gasteiger partial charge in [0.05, 0.1) is 23.3 Å². The first-order valence-corrected chi connectivity index (χ1v) is 13.9. The van der Waals surface area contributed by atoms with E-state index in [1.807, 2.05) is 0 Å². The molecule has 0 saturated carbocycles. The van der Waals surface area contributed by atoms with Crippen molar-refractivity contribution in [1.29, 1.82) is 0 Å². The van der Waals surface area contributed by atoms with Crippen molar-refractivity contribution in [2.24, 2.45) is 10.1 Å². The zero-order chi connectivity index (χ0) is 32.9. The number of hydrogen-bond acceptors (Lipinski definition) is 7. The molecule has 1 saturated heterocycles. The zero-order valence-corrected chi connectivity index (χ0v) is 23.8. The van der Waals surface area contributed by atoms with E-state index >= 15 is 0 Å². The molecule has 46 heavy (non-hydrogen) atoms. The van der Waals surface area contributed by atoms with Gasteiger partial charge in [0.1, 0.15) is 12.1 Å². The molecule has 2 heterocycles. The molecule has 236 valence electrons. The van der Waals surface area contributed by atoms with E-state index in [4.69, 9.17) is 0 Å². The number of aliphatic imine (C=N–C) groups is 1. The number of nitrogens with zero attached hydrogens (tertiary/aromatic N) is 6. The highest BCUT2D eigenvalue weighted by atomic mass is 32.2. The van der Waals surface area contributed by atoms with Gasteiger partial charge in [0.25, 0.3) is 0 Å². The van der Waals surface area contributed by atoms with Crippen LogP contribution in [0.4, 0.5) is 36.8 Å². The smallest absolute Gasteiger partial charge is 0.406 e. The van der Waals surface area contributed by atoms with Gasteiger partial charge in [0.15, 0.2) is 11.0 Å². The zero-order valence-electron chi connectivity index (χ0n) is 23.0. The molecule has 0 bridgehead atoms. The van der Waals surface area contributed by atoms with Gasteiger partial charge in [-0.05, 0) is 47.5 Å². The van der Waals surface area contributed by atoms with Crippen LogP contribution in [-0.2, 0) is 4.79 Å². The number of amidine groups is 1. The Labute approximate surface area is 260 Å². The van der Waals surface area contributed by atoms with Crippen molar-refractivity contribution in [1.82, 2.24) is 20.2 Å². The molecule has 17 heteroatoms. The van der Waals surface area contributed by atoms with Gasteiger partial charge in [0.2, 0.25) is 5.91 Å². The number of anilines is 1. The number of hydrazone groups is 1. The van der Waals surface area contributed by atoms with Crippen LogP contribution in [0.25, 0.3) is 23.2 Å². The van der Waals surface area contributed by atoms with Crippen LogP contribution in [-0.4, -0.2) is 56.4 Å². The van der Waals surface area contributed by atoms with Crippen molar-refractivity contribution in [2.45, 2.75) is 12.5 Å². The number of allylic oxidation sites excluding steroid dienone is 1. The van der Waals surface area contributed by atoms with Crippen LogP contribution in [0.1, 0.15) is 11.1 Å². The minimum Gasteiger partial charge on any atom is -0.406 e. The summed E-state index contributed by atoms with van der Waals surface area (Å²) in [6.45, 7) is 0. The van der Waals surface area contributed by atoms with E-state index in [1.54, 1.807) is 30.3 Å². The van der Waals surface area contributed by atoms with Crippen molar-refractivity contribution >= 4 is 46.8 Å². The third-order valence-corrected chi connectivity index (χ3v) is 6.88. The Kier molecular flexibility index (Phi) is 9.22. The maximum Gasteiger partial charge on any atom is 0.573 e. The molecule has 3 aromatic carbocycles. The average molecular weight is 660 g/mol. The minimum absolute atomic E-state index is 0.0209. The van der Waals surface area contributed by atoms with Crippen molar-refractivity contribution in [2.75, 3.05) is 10.7 Å². The number of benzene rings is 3. The molecule has 1 aliphatic heterocycles. The summed E-state index contributed by atoms with van der Waals surface area (Å²) in [5.74, 6) is -0.545. The molecular formula is C29H19F6N7O3S. The lowest BCUT2D eigenvalue weighted by atomic mass is 10.1. The number of nitrogens with one attached hydrogen (secondary N) is 1. The quantitative estimate of drug-likeness (QED) is 0.136. The third-order valence-electron chi connectivity index (χ3n) is 5.96. The monoisotopic (exact) mass is 659 g/mol. The third kappa shape index (κ3) is 8.38. The van der Waals surface area contributed by atoms with Crippen LogP contribution in [0.5, 0.6) is 5.75 Å². The number of alkyl halides is 6. The summed E-state index contributed by atoms with van der Waals surface area (Å²) in [4.78, 5) is 34.2. The van der Waals surface area contributed by atoms with Gasteiger partial charge in [-0.1, -0.05) is 54.2 Å². The van der Waals surface area contributed by atoms with Crippen LogP contribution >= 0.6 is 11.8 Å². The highest BCUT2D eigenvalue weighted by Crippen LogP contribution is 2.31. The molecule has 1 aliphatic rings. The fourth-order valence-electron chi connectivity index (χ4n) is 4.01. The van der Waals surface area contributed by atoms with Gasteiger partial charge >= 0.3 is 18.6 Å². The topological polar surface area (TPSA) is 114 Å². The molecule has 4 aromatic rings. The van der Waals surface area contributed by atoms with Crippen LogP contribution in [0, 0.1) is 0 Å². The average Bonchev–Trinajstić information content (AvgIpc) is 3.63. The molecule has 1 N–H and O–H groups in total. The van der Waals surface area contributed by atoms with Crippen LogP contribution < -0.4 is 15.1 Å². The fourth-order valence-corrected chi connectivity index (χ4v) is 4.87. The first-order valence-electron chi connectivity index (χ1n) is 13.0. The summed E-state index contributed by atoms with van der Waals surface area (Å²) in [5.41, 5.74) is 4.13. The summed E-state index contributed by atoms with van der Waals surface area (Å²) < 4.78 is 80.5. The number of halogens is 6. The van der Waals surface area contributed by atoms with Crippen molar-refractivity contribution in [3.63, 3.8) is 0 Å². The van der Waals surface area contributed by atoms with Crippen molar-refractivity contribution in [3.8, 4) is 22.8 Å².